The molecule has 10 heteroatoms. The van der Waals surface area contributed by atoms with Crippen LogP contribution in [0, 0.1) is 12.8 Å². The van der Waals surface area contributed by atoms with Gasteiger partial charge in [-0.15, -0.1) is 0 Å². The Bertz CT molecular complexity index is 953. The molecule has 1 aliphatic heterocycles. The Labute approximate surface area is 178 Å². The summed E-state index contributed by atoms with van der Waals surface area (Å²) in [5.41, 5.74) is 2.93. The Hall–Kier alpha value is -2.36. The Kier molecular flexibility index (Phi) is 5.85. The molecular weight excluding hydrogens is 413 g/mol. The molecule has 0 bridgehead atoms. The van der Waals surface area contributed by atoms with Gasteiger partial charge in [0.05, 0.1) is 43.6 Å². The van der Waals surface area contributed by atoms with Crippen molar-refractivity contribution < 1.29 is 27.4 Å². The van der Waals surface area contributed by atoms with Crippen molar-refractivity contribution in [1.82, 2.24) is 19.5 Å². The van der Waals surface area contributed by atoms with Crippen LogP contribution in [0.3, 0.4) is 0 Å². The third-order valence-electron chi connectivity index (χ3n) is 6.38. The zero-order chi connectivity index (χ0) is 22.3. The maximum absolute atomic E-state index is 13.0. The normalized spacial score (nSPS) is 27.5. The van der Waals surface area contributed by atoms with Crippen LogP contribution in [0.15, 0.2) is 12.1 Å². The molecule has 4 rings (SSSR count). The van der Waals surface area contributed by atoms with Crippen molar-refractivity contribution in [2.75, 3.05) is 20.3 Å². The number of fused-ring (bicyclic) bond motifs is 1. The summed E-state index contributed by atoms with van der Waals surface area (Å²) < 4.78 is 51.6. The van der Waals surface area contributed by atoms with E-state index >= 15 is 0 Å². The predicted molar refractivity (Wildman–Crippen MR) is 106 cm³/mol. The molecule has 1 saturated heterocycles. The van der Waals surface area contributed by atoms with Gasteiger partial charge < -0.3 is 14.4 Å². The van der Waals surface area contributed by atoms with Crippen LogP contribution < -0.4 is 0 Å². The summed E-state index contributed by atoms with van der Waals surface area (Å²) in [6.45, 7) is 4.44. The molecule has 2 aromatic rings. The highest BCUT2D eigenvalue weighted by molar-refractivity contribution is 5.68. The van der Waals surface area contributed by atoms with Crippen molar-refractivity contribution in [1.29, 1.82) is 0 Å². The molecule has 0 aromatic carbocycles. The second-order valence-electron chi connectivity index (χ2n) is 8.55. The first-order valence-electron chi connectivity index (χ1n) is 10.6. The third-order valence-corrected chi connectivity index (χ3v) is 6.38. The molecule has 0 N–H and O–H groups in total. The Morgan fingerprint density at radius 3 is 2.58 bits per heavy atom. The standard InChI is InChI=1S/C21H27F3N4O3/c1-12-8-17(18-10-27(20(29)30-3)13(2)11-31-18)28-19(25-12)9-16(26-28)14-4-6-15(7-5-14)21(22,23)24/h8-9,13-15,18H,4-7,10-11H2,1-3H3/t13-,14-,15-,18+/m1/s1. The number of methoxy groups -OCH3 is 1. The number of hydrogen-bond acceptors (Lipinski definition) is 5. The van der Waals surface area contributed by atoms with E-state index in [9.17, 15) is 18.0 Å². The molecule has 0 radical (unpaired) electrons. The second-order valence-corrected chi connectivity index (χ2v) is 8.55. The molecule has 1 amide bonds. The van der Waals surface area contributed by atoms with E-state index in [-0.39, 0.29) is 24.8 Å². The van der Waals surface area contributed by atoms with Gasteiger partial charge in [-0.1, -0.05) is 0 Å². The minimum Gasteiger partial charge on any atom is -0.453 e. The summed E-state index contributed by atoms with van der Waals surface area (Å²) in [7, 11) is 1.35. The Morgan fingerprint density at radius 1 is 1.23 bits per heavy atom. The van der Waals surface area contributed by atoms with Crippen molar-refractivity contribution in [2.45, 2.75) is 63.8 Å². The molecule has 0 spiro atoms. The van der Waals surface area contributed by atoms with E-state index in [4.69, 9.17) is 14.6 Å². The van der Waals surface area contributed by atoms with Crippen LogP contribution in [-0.2, 0) is 9.47 Å². The fourth-order valence-corrected chi connectivity index (χ4v) is 4.60. The van der Waals surface area contributed by atoms with Gasteiger partial charge in [-0.05, 0) is 45.6 Å². The molecule has 3 heterocycles. The number of alkyl halides is 3. The highest BCUT2D eigenvalue weighted by Gasteiger charge is 2.42. The van der Waals surface area contributed by atoms with E-state index < -0.39 is 24.3 Å². The highest BCUT2D eigenvalue weighted by atomic mass is 19.4. The molecular formula is C21H27F3N4O3. The number of morpholine rings is 1. The molecule has 2 aliphatic rings. The highest BCUT2D eigenvalue weighted by Crippen LogP contribution is 2.42. The summed E-state index contributed by atoms with van der Waals surface area (Å²) in [6, 6.07) is 3.62. The van der Waals surface area contributed by atoms with Crippen LogP contribution in [0.1, 0.15) is 61.7 Å². The Balaban J connectivity index is 1.60. The summed E-state index contributed by atoms with van der Waals surface area (Å²) >= 11 is 0. The van der Waals surface area contributed by atoms with Crippen LogP contribution in [0.2, 0.25) is 0 Å². The third kappa shape index (κ3) is 4.35. The largest absolute Gasteiger partial charge is 0.453 e. The van der Waals surface area contributed by atoms with Crippen molar-refractivity contribution in [2.24, 2.45) is 5.92 Å². The summed E-state index contributed by atoms with van der Waals surface area (Å²) in [6.07, 6.45) is -3.79. The molecule has 31 heavy (non-hydrogen) atoms. The molecule has 7 nitrogen and oxygen atoms in total. The predicted octanol–water partition coefficient (Wildman–Crippen LogP) is 4.40. The minimum absolute atomic E-state index is 0.0210. The maximum Gasteiger partial charge on any atom is 0.409 e. The maximum atomic E-state index is 13.0. The van der Waals surface area contributed by atoms with Gasteiger partial charge in [0.25, 0.3) is 0 Å². The summed E-state index contributed by atoms with van der Waals surface area (Å²) in [5.74, 6) is -1.24. The van der Waals surface area contributed by atoms with Crippen LogP contribution in [-0.4, -0.2) is 58.1 Å². The fourth-order valence-electron chi connectivity index (χ4n) is 4.60. The summed E-state index contributed by atoms with van der Waals surface area (Å²) in [4.78, 5) is 18.3. The number of hydrogen-bond donors (Lipinski definition) is 0. The van der Waals surface area contributed by atoms with Crippen LogP contribution >= 0.6 is 0 Å². The van der Waals surface area contributed by atoms with E-state index in [0.29, 0.717) is 31.6 Å². The van der Waals surface area contributed by atoms with Gasteiger partial charge in [0, 0.05) is 17.7 Å². The lowest BCUT2D eigenvalue weighted by Crippen LogP contribution is -2.48. The van der Waals surface area contributed by atoms with E-state index in [1.807, 2.05) is 26.0 Å². The number of halogens is 3. The first-order chi connectivity index (χ1) is 14.7. The molecule has 1 aliphatic carbocycles. The van der Waals surface area contributed by atoms with Crippen LogP contribution in [0.4, 0.5) is 18.0 Å². The first kappa shape index (κ1) is 21.9. The number of nitrogens with zero attached hydrogens (tertiary/aromatic N) is 4. The minimum atomic E-state index is -4.13. The fraction of sp³-hybridized carbons (Fsp3) is 0.667. The van der Waals surface area contributed by atoms with Crippen LogP contribution in [0.25, 0.3) is 5.65 Å². The molecule has 2 fully saturated rings. The zero-order valence-corrected chi connectivity index (χ0v) is 17.9. The molecule has 2 aromatic heterocycles. The lowest BCUT2D eigenvalue weighted by molar-refractivity contribution is -0.182. The molecule has 1 saturated carbocycles. The van der Waals surface area contributed by atoms with Gasteiger partial charge in [0.15, 0.2) is 5.65 Å². The number of ether oxygens (including phenoxy) is 2. The topological polar surface area (TPSA) is 69.0 Å². The number of rotatable bonds is 2. The molecule has 2 atom stereocenters. The number of carbonyl (C=O) groups is 1. The average Bonchev–Trinajstić information content (AvgIpc) is 3.16. The van der Waals surface area contributed by atoms with Gasteiger partial charge in [0.2, 0.25) is 0 Å². The van der Waals surface area contributed by atoms with Gasteiger partial charge in [0.1, 0.15) is 6.10 Å². The number of aryl methyl sites for hydroxylation is 1. The van der Waals surface area contributed by atoms with E-state index in [1.54, 1.807) is 9.42 Å². The quantitative estimate of drug-likeness (QED) is 0.692. The van der Waals surface area contributed by atoms with Crippen molar-refractivity contribution >= 4 is 11.7 Å². The number of amides is 1. The van der Waals surface area contributed by atoms with Crippen molar-refractivity contribution in [3.05, 3.63) is 29.2 Å². The van der Waals surface area contributed by atoms with Gasteiger partial charge in [-0.2, -0.15) is 18.3 Å². The Morgan fingerprint density at radius 2 is 1.94 bits per heavy atom. The number of carbonyl (C=O) groups excluding carboxylic acids is 1. The zero-order valence-electron chi connectivity index (χ0n) is 17.9. The first-order valence-corrected chi connectivity index (χ1v) is 10.6. The van der Waals surface area contributed by atoms with E-state index in [2.05, 4.69) is 4.98 Å². The monoisotopic (exact) mass is 440 g/mol. The van der Waals surface area contributed by atoms with Gasteiger partial charge in [-0.25, -0.2) is 14.3 Å². The van der Waals surface area contributed by atoms with Gasteiger partial charge >= 0.3 is 12.3 Å². The van der Waals surface area contributed by atoms with Crippen LogP contribution in [0.5, 0.6) is 0 Å². The lowest BCUT2D eigenvalue weighted by Gasteiger charge is -2.37. The smallest absolute Gasteiger partial charge is 0.409 e. The summed E-state index contributed by atoms with van der Waals surface area (Å²) in [5, 5.41) is 4.71. The van der Waals surface area contributed by atoms with E-state index in [1.165, 1.54) is 7.11 Å². The molecule has 0 unspecified atom stereocenters. The van der Waals surface area contributed by atoms with Gasteiger partial charge in [-0.3, -0.25) is 0 Å². The SMILES string of the molecule is COC(=O)N1C[C@@H](c2cc(C)nc3cc([C@H]4CC[C@H](C(F)(F)F)CC4)nn23)OC[C@H]1C. The van der Waals surface area contributed by atoms with Crippen molar-refractivity contribution in [3.63, 3.8) is 0 Å². The average molecular weight is 440 g/mol. The van der Waals surface area contributed by atoms with E-state index in [0.717, 1.165) is 17.1 Å². The second kappa shape index (κ2) is 8.29. The number of aromatic nitrogens is 3. The van der Waals surface area contributed by atoms with Crippen molar-refractivity contribution in [3.8, 4) is 0 Å². The molecule has 170 valence electrons. The lowest BCUT2D eigenvalue weighted by atomic mass is 9.80.